The Kier molecular flexibility index (Phi) is 3.90. The lowest BCUT2D eigenvalue weighted by Gasteiger charge is -2.09. The van der Waals surface area contributed by atoms with Crippen LogP contribution in [-0.4, -0.2) is 10.2 Å². The van der Waals surface area contributed by atoms with E-state index >= 15 is 0 Å². The minimum atomic E-state index is -4.35. The largest absolute Gasteiger partial charge is 0.421 e. The molecule has 0 saturated carbocycles. The zero-order valence-electron chi connectivity index (χ0n) is 12.2. The Labute approximate surface area is 130 Å². The summed E-state index contributed by atoms with van der Waals surface area (Å²) in [7, 11) is 0. The Morgan fingerprint density at radius 2 is 1.83 bits per heavy atom. The Hall–Kier alpha value is -2.63. The van der Waals surface area contributed by atoms with Gasteiger partial charge in [0.05, 0.1) is 11.1 Å². The molecular formula is C17H12F3N2O. The molecule has 0 spiro atoms. The SMILES string of the molecule is CCc1nnc(-c2[c]cccc2-c2ccc(C(F)(F)F)cc2)o1. The molecule has 2 aromatic carbocycles. The maximum atomic E-state index is 12.7. The van der Waals surface area contributed by atoms with Crippen LogP contribution in [0.3, 0.4) is 0 Å². The van der Waals surface area contributed by atoms with Gasteiger partial charge < -0.3 is 4.42 Å². The van der Waals surface area contributed by atoms with Gasteiger partial charge in [-0.3, -0.25) is 0 Å². The molecule has 0 fully saturated rings. The van der Waals surface area contributed by atoms with Crippen LogP contribution in [0, 0.1) is 6.07 Å². The van der Waals surface area contributed by atoms with Crippen LogP contribution in [0.2, 0.25) is 0 Å². The number of halogens is 3. The van der Waals surface area contributed by atoms with Crippen LogP contribution in [0.25, 0.3) is 22.6 Å². The topological polar surface area (TPSA) is 38.9 Å². The highest BCUT2D eigenvalue weighted by molar-refractivity contribution is 5.79. The number of alkyl halides is 3. The smallest absolute Gasteiger partial charge is 0.416 e. The third-order valence-electron chi connectivity index (χ3n) is 3.36. The second-order valence-corrected chi connectivity index (χ2v) is 4.89. The van der Waals surface area contributed by atoms with Gasteiger partial charge in [-0.2, -0.15) is 13.2 Å². The van der Waals surface area contributed by atoms with Crippen molar-refractivity contribution in [2.45, 2.75) is 19.5 Å². The predicted octanol–water partition coefficient (Wildman–Crippen LogP) is 4.78. The van der Waals surface area contributed by atoms with E-state index in [1.54, 1.807) is 18.2 Å². The number of hydrogen-bond acceptors (Lipinski definition) is 3. The molecule has 1 radical (unpaired) electrons. The molecule has 1 aromatic heterocycles. The van der Waals surface area contributed by atoms with Crippen LogP contribution in [0.5, 0.6) is 0 Å². The molecule has 3 rings (SSSR count). The van der Waals surface area contributed by atoms with Gasteiger partial charge in [-0.1, -0.05) is 37.3 Å². The molecule has 6 heteroatoms. The first kappa shape index (κ1) is 15.3. The van der Waals surface area contributed by atoms with Crippen LogP contribution in [-0.2, 0) is 12.6 Å². The van der Waals surface area contributed by atoms with Crippen LogP contribution >= 0.6 is 0 Å². The van der Waals surface area contributed by atoms with E-state index in [4.69, 9.17) is 4.42 Å². The summed E-state index contributed by atoms with van der Waals surface area (Å²) >= 11 is 0. The Morgan fingerprint density at radius 3 is 2.43 bits per heavy atom. The van der Waals surface area contributed by atoms with Gasteiger partial charge in [0.15, 0.2) is 0 Å². The van der Waals surface area contributed by atoms with Crippen molar-refractivity contribution >= 4 is 0 Å². The van der Waals surface area contributed by atoms with Crippen LogP contribution in [0.15, 0.2) is 46.9 Å². The molecule has 0 bridgehead atoms. The number of rotatable bonds is 3. The Morgan fingerprint density at radius 1 is 1.09 bits per heavy atom. The molecule has 0 N–H and O–H groups in total. The van der Waals surface area contributed by atoms with Crippen molar-refractivity contribution in [2.75, 3.05) is 0 Å². The van der Waals surface area contributed by atoms with Gasteiger partial charge in [0.25, 0.3) is 0 Å². The van der Waals surface area contributed by atoms with Crippen LogP contribution < -0.4 is 0 Å². The summed E-state index contributed by atoms with van der Waals surface area (Å²) in [5, 5.41) is 7.88. The molecule has 1 heterocycles. The van der Waals surface area contributed by atoms with Crippen molar-refractivity contribution in [3.05, 3.63) is 60.0 Å². The molecule has 23 heavy (non-hydrogen) atoms. The summed E-state index contributed by atoms with van der Waals surface area (Å²) in [6, 6.07) is 13.2. The van der Waals surface area contributed by atoms with E-state index in [1.165, 1.54) is 12.1 Å². The van der Waals surface area contributed by atoms with Gasteiger partial charge in [-0.05, 0) is 29.3 Å². The van der Waals surface area contributed by atoms with E-state index in [2.05, 4.69) is 16.3 Å². The molecule has 3 nitrogen and oxygen atoms in total. The van der Waals surface area contributed by atoms with E-state index in [1.807, 2.05) is 6.92 Å². The maximum Gasteiger partial charge on any atom is 0.416 e. The highest BCUT2D eigenvalue weighted by atomic mass is 19.4. The summed E-state index contributed by atoms with van der Waals surface area (Å²) in [4.78, 5) is 0. The van der Waals surface area contributed by atoms with E-state index in [-0.39, 0.29) is 0 Å². The molecule has 0 atom stereocenters. The van der Waals surface area contributed by atoms with Gasteiger partial charge in [0, 0.05) is 6.42 Å². The van der Waals surface area contributed by atoms with Gasteiger partial charge in [0.2, 0.25) is 11.8 Å². The fourth-order valence-electron chi connectivity index (χ4n) is 2.19. The lowest BCUT2D eigenvalue weighted by atomic mass is 9.98. The molecule has 0 aliphatic heterocycles. The summed E-state index contributed by atoms with van der Waals surface area (Å²) in [5.74, 6) is 0.799. The van der Waals surface area contributed by atoms with E-state index in [9.17, 15) is 13.2 Å². The highest BCUT2D eigenvalue weighted by Gasteiger charge is 2.30. The minimum absolute atomic E-state index is 0.303. The van der Waals surface area contributed by atoms with Crippen molar-refractivity contribution in [3.8, 4) is 22.6 Å². The van der Waals surface area contributed by atoms with E-state index < -0.39 is 11.7 Å². The highest BCUT2D eigenvalue weighted by Crippen LogP contribution is 2.34. The average Bonchev–Trinajstić information content (AvgIpc) is 3.03. The molecule has 0 amide bonds. The standard InChI is InChI=1S/C17H12F3N2O/c1-2-15-21-22-16(23-15)14-6-4-3-5-13(14)11-7-9-12(10-8-11)17(18,19)20/h3-5,7-10H,2H2,1H3. The van der Waals surface area contributed by atoms with Crippen LogP contribution in [0.1, 0.15) is 18.4 Å². The molecule has 0 unspecified atom stereocenters. The van der Waals surface area contributed by atoms with Crippen molar-refractivity contribution in [1.29, 1.82) is 0 Å². The number of hydrogen-bond donors (Lipinski definition) is 0. The van der Waals surface area contributed by atoms with Gasteiger partial charge in [0.1, 0.15) is 0 Å². The second kappa shape index (κ2) is 5.87. The van der Waals surface area contributed by atoms with Gasteiger partial charge in [-0.25, -0.2) is 0 Å². The lowest BCUT2D eigenvalue weighted by molar-refractivity contribution is -0.137. The first-order chi connectivity index (χ1) is 11.0. The normalized spacial score (nSPS) is 11.7. The number of nitrogens with zero attached hydrogens (tertiary/aromatic N) is 2. The quantitative estimate of drug-likeness (QED) is 0.697. The fourth-order valence-corrected chi connectivity index (χ4v) is 2.19. The van der Waals surface area contributed by atoms with E-state index in [0.29, 0.717) is 34.9 Å². The van der Waals surface area contributed by atoms with E-state index in [0.717, 1.165) is 12.1 Å². The summed E-state index contributed by atoms with van der Waals surface area (Å²) < 4.78 is 43.5. The Bertz CT molecular complexity index is 807. The summed E-state index contributed by atoms with van der Waals surface area (Å²) in [6.07, 6.45) is -3.75. The molecule has 3 aromatic rings. The van der Waals surface area contributed by atoms with Crippen LogP contribution in [0.4, 0.5) is 13.2 Å². The first-order valence-corrected chi connectivity index (χ1v) is 7.00. The summed E-state index contributed by atoms with van der Waals surface area (Å²) in [5.41, 5.74) is 1.20. The summed E-state index contributed by atoms with van der Waals surface area (Å²) in [6.45, 7) is 1.89. The fraction of sp³-hybridized carbons (Fsp3) is 0.176. The number of aryl methyl sites for hydroxylation is 1. The Balaban J connectivity index is 2.03. The molecule has 0 aliphatic rings. The number of benzene rings is 2. The van der Waals surface area contributed by atoms with Crippen molar-refractivity contribution < 1.29 is 17.6 Å². The van der Waals surface area contributed by atoms with Gasteiger partial charge >= 0.3 is 6.18 Å². The maximum absolute atomic E-state index is 12.7. The third-order valence-corrected chi connectivity index (χ3v) is 3.36. The zero-order chi connectivity index (χ0) is 16.4. The zero-order valence-corrected chi connectivity index (χ0v) is 12.2. The number of aromatic nitrogens is 2. The predicted molar refractivity (Wildman–Crippen MR) is 78.4 cm³/mol. The molecule has 0 saturated heterocycles. The lowest BCUT2D eigenvalue weighted by Crippen LogP contribution is -2.04. The van der Waals surface area contributed by atoms with Crippen molar-refractivity contribution in [3.63, 3.8) is 0 Å². The first-order valence-electron chi connectivity index (χ1n) is 7.00. The third kappa shape index (κ3) is 3.11. The second-order valence-electron chi connectivity index (χ2n) is 4.89. The molecular weight excluding hydrogens is 305 g/mol. The monoisotopic (exact) mass is 317 g/mol. The molecule has 0 aliphatic carbocycles. The average molecular weight is 317 g/mol. The van der Waals surface area contributed by atoms with Gasteiger partial charge in [-0.15, -0.1) is 10.2 Å². The molecule has 117 valence electrons. The van der Waals surface area contributed by atoms with Crippen molar-refractivity contribution in [2.24, 2.45) is 0 Å². The van der Waals surface area contributed by atoms with Crippen molar-refractivity contribution in [1.82, 2.24) is 10.2 Å². The minimum Gasteiger partial charge on any atom is -0.421 e.